The van der Waals surface area contributed by atoms with Gasteiger partial charge in [0.25, 0.3) is 5.91 Å². The summed E-state index contributed by atoms with van der Waals surface area (Å²) in [6, 6.07) is 16.1. The van der Waals surface area contributed by atoms with E-state index in [1.807, 2.05) is 18.2 Å². The lowest BCUT2D eigenvalue weighted by Gasteiger charge is -2.38. The molecule has 1 unspecified atom stereocenters. The van der Waals surface area contributed by atoms with Crippen LogP contribution in [0.3, 0.4) is 0 Å². The van der Waals surface area contributed by atoms with Crippen molar-refractivity contribution in [3.63, 3.8) is 0 Å². The zero-order valence-electron chi connectivity index (χ0n) is 12.2. The van der Waals surface area contributed by atoms with Gasteiger partial charge in [-0.15, -0.1) is 12.6 Å². The fourth-order valence-electron chi connectivity index (χ4n) is 2.46. The van der Waals surface area contributed by atoms with Crippen molar-refractivity contribution in [1.82, 2.24) is 5.32 Å². The number of nitrogens with zero attached hydrogens (tertiary/aromatic N) is 2. The van der Waals surface area contributed by atoms with Crippen molar-refractivity contribution < 1.29 is 4.79 Å². The third-order valence-corrected chi connectivity index (χ3v) is 4.55. The second-order valence-corrected chi connectivity index (χ2v) is 6.38. The van der Waals surface area contributed by atoms with Gasteiger partial charge in [-0.25, -0.2) is 0 Å². The topological polar surface area (TPSA) is 56.1 Å². The number of carbonyl (C=O) groups excluding carboxylic acids is 1. The number of carbonyl (C=O) groups is 1. The van der Waals surface area contributed by atoms with Crippen LogP contribution in [0.1, 0.15) is 11.7 Å². The van der Waals surface area contributed by atoms with Crippen LogP contribution >= 0.6 is 35.8 Å². The zero-order chi connectivity index (χ0) is 17.3. The summed E-state index contributed by atoms with van der Waals surface area (Å²) >= 11 is 16.3. The van der Waals surface area contributed by atoms with Crippen molar-refractivity contribution in [2.24, 2.45) is 0 Å². The van der Waals surface area contributed by atoms with E-state index in [9.17, 15) is 10.1 Å². The molecular formula is C17H11Cl2N3OS. The molecule has 0 aliphatic carbocycles. The molecule has 2 aromatic carbocycles. The van der Waals surface area contributed by atoms with Crippen molar-refractivity contribution in [3.8, 4) is 6.07 Å². The number of halogens is 2. The Kier molecular flexibility index (Phi) is 4.72. The highest BCUT2D eigenvalue weighted by Crippen LogP contribution is 2.36. The fourth-order valence-corrected chi connectivity index (χ4v) is 3.09. The summed E-state index contributed by atoms with van der Waals surface area (Å²) < 4.78 is 0. The molecule has 0 aromatic heterocycles. The molecule has 0 radical (unpaired) electrons. The summed E-state index contributed by atoms with van der Waals surface area (Å²) in [5, 5.41) is 13.5. The van der Waals surface area contributed by atoms with Gasteiger partial charge in [-0.2, -0.15) is 5.26 Å². The average molecular weight is 376 g/mol. The highest BCUT2D eigenvalue weighted by Gasteiger charge is 2.33. The van der Waals surface area contributed by atoms with E-state index in [1.165, 1.54) is 0 Å². The highest BCUT2D eigenvalue weighted by molar-refractivity contribution is 7.84. The summed E-state index contributed by atoms with van der Waals surface area (Å²) in [5.74, 6) is -0.465. The average Bonchev–Trinajstić information content (AvgIpc) is 2.57. The number of hydrogen-bond donors (Lipinski definition) is 2. The minimum absolute atomic E-state index is 0.0431. The molecule has 2 aromatic rings. The molecule has 1 N–H and O–H groups in total. The van der Waals surface area contributed by atoms with E-state index in [1.54, 1.807) is 41.3 Å². The maximum atomic E-state index is 12.2. The molecule has 1 heterocycles. The lowest BCUT2D eigenvalue weighted by atomic mass is 10.1. The molecule has 120 valence electrons. The molecule has 1 amide bonds. The normalized spacial score (nSPS) is 17.5. The molecular weight excluding hydrogens is 365 g/mol. The first-order valence-electron chi connectivity index (χ1n) is 6.95. The van der Waals surface area contributed by atoms with Crippen molar-refractivity contribution in [3.05, 3.63) is 74.7 Å². The lowest BCUT2D eigenvalue weighted by molar-refractivity contribution is -0.118. The fraction of sp³-hybridized carbons (Fsp3) is 0.0588. The highest BCUT2D eigenvalue weighted by atomic mass is 35.5. The second-order valence-electron chi connectivity index (χ2n) is 5.08. The molecule has 4 nitrogen and oxygen atoms in total. The molecule has 0 saturated carbocycles. The van der Waals surface area contributed by atoms with E-state index in [-0.39, 0.29) is 10.6 Å². The smallest absolute Gasteiger partial charge is 0.266 e. The summed E-state index contributed by atoms with van der Waals surface area (Å²) in [4.78, 5) is 14.0. The van der Waals surface area contributed by atoms with Crippen LogP contribution in [0.4, 0.5) is 5.69 Å². The summed E-state index contributed by atoms with van der Waals surface area (Å²) in [6.07, 6.45) is -0.513. The maximum Gasteiger partial charge on any atom is 0.266 e. The first kappa shape index (κ1) is 16.7. The van der Waals surface area contributed by atoms with Crippen LogP contribution in [0.5, 0.6) is 0 Å². The van der Waals surface area contributed by atoms with Gasteiger partial charge in [0.15, 0.2) is 0 Å². The predicted octanol–water partition coefficient (Wildman–Crippen LogP) is 4.29. The molecule has 1 aliphatic rings. The maximum absolute atomic E-state index is 12.2. The molecule has 0 spiro atoms. The molecule has 7 heteroatoms. The Labute approximate surface area is 154 Å². The molecule has 0 bridgehead atoms. The van der Waals surface area contributed by atoms with Crippen molar-refractivity contribution >= 4 is 47.4 Å². The van der Waals surface area contributed by atoms with Gasteiger partial charge in [0.2, 0.25) is 0 Å². The van der Waals surface area contributed by atoms with Gasteiger partial charge in [0.05, 0.1) is 5.03 Å². The van der Waals surface area contributed by atoms with Gasteiger partial charge >= 0.3 is 0 Å². The van der Waals surface area contributed by atoms with Gasteiger partial charge in [-0.05, 0) is 42.0 Å². The van der Waals surface area contributed by atoms with Crippen LogP contribution in [-0.4, -0.2) is 5.91 Å². The van der Waals surface area contributed by atoms with E-state index in [2.05, 4.69) is 17.9 Å². The van der Waals surface area contributed by atoms with E-state index in [0.29, 0.717) is 10.0 Å². The zero-order valence-corrected chi connectivity index (χ0v) is 14.6. The molecule has 1 aliphatic heterocycles. The van der Waals surface area contributed by atoms with Gasteiger partial charge < -0.3 is 10.2 Å². The van der Waals surface area contributed by atoms with E-state index < -0.39 is 12.1 Å². The molecule has 0 saturated heterocycles. The van der Waals surface area contributed by atoms with Gasteiger partial charge in [0, 0.05) is 15.7 Å². The van der Waals surface area contributed by atoms with Crippen LogP contribution in [0.15, 0.2) is 59.1 Å². The van der Waals surface area contributed by atoms with Crippen molar-refractivity contribution in [2.45, 2.75) is 6.17 Å². The van der Waals surface area contributed by atoms with Crippen LogP contribution in [0.25, 0.3) is 0 Å². The second kappa shape index (κ2) is 6.78. The lowest BCUT2D eigenvalue weighted by Crippen LogP contribution is -2.46. The Balaban J connectivity index is 2.14. The number of thiol groups is 1. The summed E-state index contributed by atoms with van der Waals surface area (Å²) in [5.41, 5.74) is 1.52. The minimum Gasteiger partial charge on any atom is -0.327 e. The molecule has 3 rings (SSSR count). The van der Waals surface area contributed by atoms with Gasteiger partial charge in [-0.3, -0.25) is 4.79 Å². The summed E-state index contributed by atoms with van der Waals surface area (Å²) in [7, 11) is 0. The predicted molar refractivity (Wildman–Crippen MR) is 97.9 cm³/mol. The number of nitrogens with one attached hydrogen (secondary N) is 1. The number of hydrogen-bond acceptors (Lipinski definition) is 4. The molecule has 0 fully saturated rings. The quantitative estimate of drug-likeness (QED) is 0.769. The first-order valence-corrected chi connectivity index (χ1v) is 8.16. The standard InChI is InChI=1S/C17H11Cl2N3OS/c18-11-3-1-10(2-4-11)15-21-16(23)14(9-20)17(24)22(15)13-7-5-12(19)6-8-13/h1-8,15,24H,(H,21,23). The van der Waals surface area contributed by atoms with Gasteiger partial charge in [0.1, 0.15) is 17.8 Å². The SMILES string of the molecule is N#CC1=C(S)N(c2ccc(Cl)cc2)C(c2ccc(Cl)cc2)NC1=O. The van der Waals surface area contributed by atoms with Crippen LogP contribution < -0.4 is 10.2 Å². The Morgan fingerprint density at radius 2 is 1.58 bits per heavy atom. The van der Waals surface area contributed by atoms with E-state index >= 15 is 0 Å². The van der Waals surface area contributed by atoms with Crippen molar-refractivity contribution in [1.29, 1.82) is 5.26 Å². The number of nitriles is 1. The Morgan fingerprint density at radius 3 is 2.12 bits per heavy atom. The largest absolute Gasteiger partial charge is 0.327 e. The number of benzene rings is 2. The van der Waals surface area contributed by atoms with Gasteiger partial charge in [-0.1, -0.05) is 35.3 Å². The first-order chi connectivity index (χ1) is 11.5. The Morgan fingerprint density at radius 1 is 1.04 bits per heavy atom. The Bertz CT molecular complexity index is 857. The molecule has 24 heavy (non-hydrogen) atoms. The van der Waals surface area contributed by atoms with E-state index in [0.717, 1.165) is 11.3 Å². The van der Waals surface area contributed by atoms with Crippen LogP contribution in [0, 0.1) is 11.3 Å². The number of amides is 1. The minimum atomic E-state index is -0.513. The van der Waals surface area contributed by atoms with E-state index in [4.69, 9.17) is 23.2 Å². The number of anilines is 1. The van der Waals surface area contributed by atoms with Crippen molar-refractivity contribution in [2.75, 3.05) is 4.90 Å². The Hall–Kier alpha value is -2.13. The van der Waals surface area contributed by atoms with Crippen LogP contribution in [-0.2, 0) is 4.79 Å². The third kappa shape index (κ3) is 3.09. The third-order valence-electron chi connectivity index (χ3n) is 3.61. The molecule has 1 atom stereocenters. The van der Waals surface area contributed by atoms with Crippen LogP contribution in [0.2, 0.25) is 10.0 Å². The monoisotopic (exact) mass is 375 g/mol. The summed E-state index contributed by atoms with van der Waals surface area (Å²) in [6.45, 7) is 0. The number of rotatable bonds is 2.